The van der Waals surface area contributed by atoms with Crippen molar-refractivity contribution in [2.75, 3.05) is 97.6 Å². The number of hydrogen-bond donors (Lipinski definition) is 3. The molecule has 7 saturated heterocycles. The highest BCUT2D eigenvalue weighted by molar-refractivity contribution is 6.71. The van der Waals surface area contributed by atoms with Crippen molar-refractivity contribution in [3.8, 4) is 131 Å². The van der Waals surface area contributed by atoms with Gasteiger partial charge in [-0.15, -0.1) is 6.42 Å². The van der Waals surface area contributed by atoms with Crippen molar-refractivity contribution < 1.29 is 69.5 Å². The van der Waals surface area contributed by atoms with Crippen molar-refractivity contribution in [3.63, 3.8) is 0 Å². The largest absolute Gasteiger partial charge is 0.420 e. The van der Waals surface area contributed by atoms with Crippen LogP contribution in [0.1, 0.15) is 383 Å². The highest BCUT2D eigenvalue weighted by Gasteiger charge is 2.66. The van der Waals surface area contributed by atoms with Gasteiger partial charge in [0.1, 0.15) is 11.5 Å². The second kappa shape index (κ2) is 51.9. The van der Waals surface area contributed by atoms with E-state index >= 15 is 0 Å². The molecule has 1 aromatic rings. The molecule has 1 saturated carbocycles. The number of hydrogen-bond acceptors (Lipinski definition) is 19. The molecule has 22 heteroatoms. The van der Waals surface area contributed by atoms with E-state index in [-0.39, 0.29) is 116 Å². The van der Waals surface area contributed by atoms with Crippen molar-refractivity contribution in [3.05, 3.63) is 17.0 Å². The third-order valence-corrected chi connectivity index (χ3v) is 33.4. The van der Waals surface area contributed by atoms with Gasteiger partial charge in [-0.2, -0.15) is 15.0 Å². The first-order valence-corrected chi connectivity index (χ1v) is 55.3. The van der Waals surface area contributed by atoms with Gasteiger partial charge in [-0.1, -0.05) is 77.6 Å². The van der Waals surface area contributed by atoms with Gasteiger partial charge in [0.25, 0.3) is 17.7 Å². The first kappa shape index (κ1) is 118. The van der Waals surface area contributed by atoms with Gasteiger partial charge in [0, 0.05) is 205 Å². The second-order valence-corrected chi connectivity index (χ2v) is 52.2. The lowest BCUT2D eigenvalue weighted by Gasteiger charge is -2.56. The molecule has 1 aromatic heterocycles. The molecule has 0 aromatic carbocycles. The second-order valence-electron chi connectivity index (χ2n) is 47.7. The number of aliphatic hydroxyl groups excluding tert-OH is 1. The number of nitrogens with zero attached hydrogens (tertiary/aromatic N) is 11. The summed E-state index contributed by atoms with van der Waals surface area (Å²) >= 11 is 0. The predicted octanol–water partition coefficient (Wildman–Crippen LogP) is 23.3. The molecule has 1 aliphatic carbocycles. The number of anilines is 2. The Kier molecular flexibility index (Phi) is 44.0. The molecule has 0 bridgehead atoms. The van der Waals surface area contributed by atoms with E-state index in [9.17, 15) is 19.5 Å². The Balaban J connectivity index is -0.000000123. The Morgan fingerprint density at radius 2 is 0.957 bits per heavy atom. The molecule has 139 heavy (non-hydrogen) atoms. The topological polar surface area (TPSA) is 197 Å². The third kappa shape index (κ3) is 35.4. The van der Waals surface area contributed by atoms with Crippen molar-refractivity contribution >= 4 is 37.9 Å². The number of carbonyl (C=O) groups excluding carboxylic acids is 3. The van der Waals surface area contributed by atoms with Gasteiger partial charge < -0.3 is 54.0 Å². The fourth-order valence-electron chi connectivity index (χ4n) is 23.4. The fourth-order valence-corrected chi connectivity index (χ4v) is 24.6. The van der Waals surface area contributed by atoms with Crippen LogP contribution < -0.4 is 20.4 Å². The van der Waals surface area contributed by atoms with E-state index in [1.54, 1.807) is 6.92 Å². The number of β-amino-alcohol motifs (C(OH)–C–C–N with tert-alkyl or cyclic N) is 1. The van der Waals surface area contributed by atoms with Gasteiger partial charge in [-0.3, -0.25) is 34.0 Å². The van der Waals surface area contributed by atoms with Crippen LogP contribution in [0, 0.1) is 144 Å². The maximum Gasteiger partial charge on any atom is 0.257 e. The summed E-state index contributed by atoms with van der Waals surface area (Å²) in [7, 11) is 9.54. The number of terminal acetylenes is 1. The summed E-state index contributed by atoms with van der Waals surface area (Å²) in [4.78, 5) is 74.4. The molecule has 3 N–H and O–H groups in total. The zero-order chi connectivity index (χ0) is 103. The number of aromatic nitrogens is 3. The molecular weight excluding hydrogens is 1740 g/mol. The van der Waals surface area contributed by atoms with Crippen molar-refractivity contribution in [2.24, 2.45) is 5.92 Å². The Morgan fingerprint density at radius 1 is 0.532 bits per heavy atom. The average molecular weight is 1970 g/mol. The molecule has 8 fully saturated rings. The first-order chi connectivity index (χ1) is 65.0. The van der Waals surface area contributed by atoms with Crippen molar-refractivity contribution in [2.45, 2.75) is 469 Å². The number of morpholine rings is 1. The van der Waals surface area contributed by atoms with Crippen LogP contribution in [0.5, 0.6) is 0 Å². The van der Waals surface area contributed by atoms with E-state index in [0.29, 0.717) is 80.8 Å². The Labute approximate surface area is 878 Å². The first-order valence-electron chi connectivity index (χ1n) is 52.2. The molecular formula is C117H223N13O8Si. The number of imide groups is 1. The Bertz CT molecular complexity index is 5070. The molecule has 2 unspecified atom stereocenters. The Morgan fingerprint density at radius 3 is 1.40 bits per heavy atom. The van der Waals surface area contributed by atoms with E-state index in [4.69, 9.17) is 40.0 Å². The SMILES string of the molecule is C#CC#CC#CC#CC#CC#CC#CC#CC#CC#CC#CCC(CC)C1=C(C)C(=O)N(C2CC(C)(C)NC(C)(C)C2)C1=O.CCC(O)CN1C(=O)C2(CC(C)(C)N(C)C(C)(C)C2)OC12CCCCCCCCCCC2.CO[Si](C)(C)CCCOC1CC(C)(C)NC(C)(C)C1.Cc1nc(N2CCOCC2)nc(N(CCCCCCN(C)C2CC(C)(C)N(C)C(C)(C)C2)C2CC(C)(C)N(C)C(C)(C)C2)n1.[HH].[HH].[HH].[HH].[HH].[HH].[HH].[HH].[HH].[HH].[HH].[HH].[HH].[HH].[HH].[HH].[HH].[HH].[HH].[HH].[HH].[HH]. The zero-order valence-corrected chi connectivity index (χ0v) is 93.1. The molecule has 2 atom stereocenters. The number of carbonyl (C=O) groups is 3. The molecule has 0 radical (unpaired) electrons. The minimum atomic E-state index is -1.41. The van der Waals surface area contributed by atoms with E-state index in [1.807, 2.05) is 32.8 Å². The molecule has 9 aliphatic rings. The van der Waals surface area contributed by atoms with Crippen molar-refractivity contribution in [1.82, 2.24) is 55.0 Å². The summed E-state index contributed by atoms with van der Waals surface area (Å²) in [5, 5.41) is 17.9. The van der Waals surface area contributed by atoms with Crippen LogP contribution in [0.25, 0.3) is 0 Å². The summed E-state index contributed by atoms with van der Waals surface area (Å²) in [6.07, 6.45) is 35.3. The number of amides is 3. The number of rotatable bonds is 24. The standard InChI is InChI=1S/C40H30N2O2.C35H66N8O.C27H50N2O3.C15H33NO2Si.22H2/c1-8-10-11-12-13-14-15-16-17-18-19-20-21-22-23-24-25-26-27-28-29-30-34(9-2)36-33(3)37(43)42(38(36)44)35-31-39(4,5)41-40(6,7)32-35;1-27-36-30(42-19-21-44-22-20-42)38-31(37-27)43(29-25-34(6,7)41(12)35(8,9)26-29)18-16-14-13-15-17-39(10)28-23-32(2,3)40(11)33(4,5)24-28;1-7-22(30)19-29-23(31)26(20-24(2,3)28(6)25(4,5)21-26)32-27(29)17-15-13-11-9-8-10-12-14-16-18-27;1-14(2)11-13(12-15(3,4)16-14)18-9-8-10-19(6,7)17-5;;;;;;;;;;;;;;;;;;;;;;/h1,34-35,41H,9,30-32H2,2-7H3;28-29H,13-26H2,1-12H3;22,30H,7-21H2,1-6H3;13,16H,8-12H2,1-7H3;22*1H. The zero-order valence-electron chi connectivity index (χ0n) is 92.1. The van der Waals surface area contributed by atoms with E-state index in [2.05, 4.69) is 344 Å². The molecule has 10 rings (SSSR count). The molecule has 808 valence electrons. The van der Waals surface area contributed by atoms with Gasteiger partial charge in [0.15, 0.2) is 13.9 Å². The Hall–Kier alpha value is -8.10. The molecule has 2 spiro atoms. The lowest BCUT2D eigenvalue weighted by atomic mass is 9.71. The lowest BCUT2D eigenvalue weighted by Crippen LogP contribution is -2.66. The highest BCUT2D eigenvalue weighted by Crippen LogP contribution is 2.54. The van der Waals surface area contributed by atoms with Crippen LogP contribution in [0.15, 0.2) is 11.1 Å². The highest BCUT2D eigenvalue weighted by atomic mass is 28.4. The number of piperidine rings is 5. The van der Waals surface area contributed by atoms with E-state index < -0.39 is 25.7 Å². The maximum atomic E-state index is 14.2. The number of nitrogens with one attached hydrogen (secondary N) is 2. The molecule has 8 aliphatic heterocycles. The predicted molar refractivity (Wildman–Crippen MR) is 619 cm³/mol. The van der Waals surface area contributed by atoms with Crippen LogP contribution in [-0.4, -0.2) is 260 Å². The monoisotopic (exact) mass is 1970 g/mol. The normalized spacial score (nSPS) is 22.7. The summed E-state index contributed by atoms with van der Waals surface area (Å²) in [5.41, 5.74) is 0.119. The summed E-state index contributed by atoms with van der Waals surface area (Å²) in [6.45, 7) is 64.5. The fraction of sp³-hybridized carbons (Fsp3) is 0.744. The third-order valence-electron chi connectivity index (χ3n) is 30.8. The van der Waals surface area contributed by atoms with Crippen LogP contribution in [-0.2, 0) is 33.0 Å². The van der Waals surface area contributed by atoms with Crippen LogP contribution in [0.2, 0.25) is 19.1 Å². The van der Waals surface area contributed by atoms with Gasteiger partial charge in [0.2, 0.25) is 11.9 Å². The van der Waals surface area contributed by atoms with Crippen LogP contribution >= 0.6 is 0 Å². The summed E-state index contributed by atoms with van der Waals surface area (Å²) in [6, 6.07) is 2.07. The minimum absolute atomic E-state index is 0. The summed E-state index contributed by atoms with van der Waals surface area (Å²) in [5.74, 6) is 55.3. The van der Waals surface area contributed by atoms with Crippen LogP contribution in [0.4, 0.5) is 11.9 Å². The lowest BCUT2D eigenvalue weighted by molar-refractivity contribution is -0.198. The van der Waals surface area contributed by atoms with Gasteiger partial charge >= 0.3 is 0 Å². The molecule has 3 amide bonds. The number of likely N-dealkylation sites (tertiary alicyclic amines) is 3. The molecule has 21 nitrogen and oxygen atoms in total. The minimum Gasteiger partial charge on any atom is -0.420 e. The number of aryl methyl sites for hydroxylation is 1. The number of aliphatic hydroxyl groups is 1. The number of ether oxygens (including phenoxy) is 3. The summed E-state index contributed by atoms with van der Waals surface area (Å²) < 4.78 is 24.4. The van der Waals surface area contributed by atoms with Gasteiger partial charge in [-0.25, -0.2) is 0 Å². The average Bonchev–Trinajstić information content (AvgIpc) is 1.55. The smallest absolute Gasteiger partial charge is 0.257 e. The van der Waals surface area contributed by atoms with E-state index in [0.717, 1.165) is 121 Å². The quantitative estimate of drug-likeness (QED) is 0.0382. The number of unbranched alkanes of at least 4 members (excludes halogenated alkanes) is 3. The van der Waals surface area contributed by atoms with Crippen LogP contribution in [0.3, 0.4) is 0 Å². The van der Waals surface area contributed by atoms with Crippen molar-refractivity contribution in [1.29, 1.82) is 0 Å². The van der Waals surface area contributed by atoms with Gasteiger partial charge in [0.05, 0.1) is 25.4 Å². The molecule has 9 heterocycles. The van der Waals surface area contributed by atoms with Gasteiger partial charge in [-0.05, 0) is 410 Å². The maximum absolute atomic E-state index is 14.2. The van der Waals surface area contributed by atoms with E-state index in [1.165, 1.54) is 94.5 Å².